The number of nitrogens with zero attached hydrogens (tertiary/aromatic N) is 3. The number of nitro groups is 1. The van der Waals surface area contributed by atoms with Crippen LogP contribution in [0, 0.1) is 10.1 Å². The Balaban J connectivity index is 2.08. The normalized spacial score (nSPS) is 16.6. The highest BCUT2D eigenvalue weighted by Crippen LogP contribution is 2.33. The molecule has 6 nitrogen and oxygen atoms in total. The molecule has 0 amide bonds. The third kappa shape index (κ3) is 2.18. The maximum absolute atomic E-state index is 11.1. The second-order valence-corrected chi connectivity index (χ2v) is 5.08. The van der Waals surface area contributed by atoms with Crippen molar-refractivity contribution in [3.05, 3.63) is 40.6 Å². The zero-order chi connectivity index (χ0) is 14.1. The van der Waals surface area contributed by atoms with Crippen LogP contribution in [-0.2, 0) is 0 Å². The molecule has 104 valence electrons. The van der Waals surface area contributed by atoms with E-state index in [0.717, 1.165) is 31.6 Å². The predicted octanol–water partition coefficient (Wildman–Crippen LogP) is 2.07. The first kappa shape index (κ1) is 12.8. The van der Waals surface area contributed by atoms with Gasteiger partial charge in [0.05, 0.1) is 16.0 Å². The van der Waals surface area contributed by atoms with Crippen molar-refractivity contribution < 1.29 is 4.92 Å². The summed E-state index contributed by atoms with van der Waals surface area (Å²) in [7, 11) is 0. The van der Waals surface area contributed by atoms with Crippen molar-refractivity contribution in [2.75, 3.05) is 18.0 Å². The van der Waals surface area contributed by atoms with Crippen LogP contribution in [0.1, 0.15) is 12.8 Å². The number of benzene rings is 1. The minimum Gasteiger partial charge on any atom is -0.370 e. The van der Waals surface area contributed by atoms with Crippen molar-refractivity contribution in [3.8, 4) is 0 Å². The van der Waals surface area contributed by atoms with E-state index in [0.29, 0.717) is 10.9 Å². The number of nitro benzene ring substituents is 1. The Morgan fingerprint density at radius 1 is 1.30 bits per heavy atom. The summed E-state index contributed by atoms with van der Waals surface area (Å²) >= 11 is 0. The fourth-order valence-electron chi connectivity index (χ4n) is 2.70. The van der Waals surface area contributed by atoms with Gasteiger partial charge in [0, 0.05) is 31.4 Å². The number of anilines is 1. The first-order valence-electron chi connectivity index (χ1n) is 6.69. The fourth-order valence-corrected chi connectivity index (χ4v) is 2.70. The van der Waals surface area contributed by atoms with Crippen molar-refractivity contribution in [1.29, 1.82) is 0 Å². The smallest absolute Gasteiger partial charge is 0.278 e. The number of piperidine rings is 1. The number of fused-ring (bicyclic) bond motifs is 1. The highest BCUT2D eigenvalue weighted by Gasteiger charge is 2.21. The minimum absolute atomic E-state index is 0.102. The third-order valence-electron chi connectivity index (χ3n) is 3.80. The summed E-state index contributed by atoms with van der Waals surface area (Å²) < 4.78 is 0. The number of non-ortho nitro benzene ring substituents is 1. The van der Waals surface area contributed by atoms with E-state index in [4.69, 9.17) is 5.73 Å². The first-order chi connectivity index (χ1) is 9.66. The van der Waals surface area contributed by atoms with Crippen LogP contribution in [0.4, 0.5) is 11.4 Å². The highest BCUT2D eigenvalue weighted by molar-refractivity contribution is 5.97. The molecule has 1 aliphatic heterocycles. The Morgan fingerprint density at radius 3 is 2.75 bits per heavy atom. The molecule has 20 heavy (non-hydrogen) atoms. The second-order valence-electron chi connectivity index (χ2n) is 5.08. The van der Waals surface area contributed by atoms with Crippen molar-refractivity contribution >= 4 is 22.3 Å². The van der Waals surface area contributed by atoms with E-state index in [1.807, 2.05) is 0 Å². The number of nitrogens with two attached hydrogens (primary N) is 1. The molecule has 6 heteroatoms. The summed E-state index contributed by atoms with van der Waals surface area (Å²) in [6, 6.07) is 7.09. The SMILES string of the molecule is NC1CCN(c2ccc([N+](=O)[O-])c3cccnc23)CC1. The molecule has 0 radical (unpaired) electrons. The van der Waals surface area contributed by atoms with Gasteiger partial charge in [-0.1, -0.05) is 0 Å². The minimum atomic E-state index is -0.361. The Kier molecular flexibility index (Phi) is 3.23. The molecule has 2 N–H and O–H groups in total. The summed E-state index contributed by atoms with van der Waals surface area (Å²) in [5, 5.41) is 11.7. The summed E-state index contributed by atoms with van der Waals surface area (Å²) in [6.45, 7) is 1.73. The summed E-state index contributed by atoms with van der Waals surface area (Å²) in [6.07, 6.45) is 3.54. The topological polar surface area (TPSA) is 85.3 Å². The van der Waals surface area contributed by atoms with Crippen molar-refractivity contribution in [1.82, 2.24) is 4.98 Å². The Hall–Kier alpha value is -2.21. The highest BCUT2D eigenvalue weighted by atomic mass is 16.6. The summed E-state index contributed by atoms with van der Waals surface area (Å²) in [4.78, 5) is 17.3. The van der Waals surface area contributed by atoms with E-state index >= 15 is 0 Å². The van der Waals surface area contributed by atoms with Crippen LogP contribution in [0.3, 0.4) is 0 Å². The largest absolute Gasteiger partial charge is 0.370 e. The maximum Gasteiger partial charge on any atom is 0.278 e. The standard InChI is InChI=1S/C14H16N4O2/c15-10-5-8-17(9-6-10)13-4-3-12(18(19)20)11-2-1-7-16-14(11)13/h1-4,7,10H,5-6,8-9,15H2. The molecule has 2 heterocycles. The molecule has 0 spiro atoms. The van der Waals surface area contributed by atoms with E-state index in [2.05, 4.69) is 9.88 Å². The van der Waals surface area contributed by atoms with Crippen LogP contribution in [0.2, 0.25) is 0 Å². The number of aromatic nitrogens is 1. The van der Waals surface area contributed by atoms with Crippen LogP contribution in [0.5, 0.6) is 0 Å². The lowest BCUT2D eigenvalue weighted by atomic mass is 10.0. The lowest BCUT2D eigenvalue weighted by Gasteiger charge is -2.32. The molecule has 1 saturated heterocycles. The molecule has 1 aliphatic rings. The first-order valence-corrected chi connectivity index (χ1v) is 6.69. The van der Waals surface area contributed by atoms with Crippen molar-refractivity contribution in [2.24, 2.45) is 5.73 Å². The van der Waals surface area contributed by atoms with Gasteiger partial charge in [-0.2, -0.15) is 0 Å². The monoisotopic (exact) mass is 272 g/mol. The molecule has 2 aromatic rings. The Labute approximate surface area is 116 Å². The molecule has 0 unspecified atom stereocenters. The third-order valence-corrected chi connectivity index (χ3v) is 3.80. The molecule has 0 aliphatic carbocycles. The Morgan fingerprint density at radius 2 is 2.05 bits per heavy atom. The van der Waals surface area contributed by atoms with E-state index in [1.54, 1.807) is 30.5 Å². The van der Waals surface area contributed by atoms with E-state index in [9.17, 15) is 10.1 Å². The zero-order valence-electron chi connectivity index (χ0n) is 11.0. The Bertz CT molecular complexity index is 651. The summed E-state index contributed by atoms with van der Waals surface area (Å²) in [5.41, 5.74) is 7.67. The van der Waals surface area contributed by atoms with Gasteiger partial charge in [0.2, 0.25) is 0 Å². The maximum atomic E-state index is 11.1. The second kappa shape index (κ2) is 5.05. The average Bonchev–Trinajstić information content (AvgIpc) is 2.47. The predicted molar refractivity (Wildman–Crippen MR) is 77.8 cm³/mol. The van der Waals surface area contributed by atoms with Gasteiger partial charge < -0.3 is 10.6 Å². The van der Waals surface area contributed by atoms with Gasteiger partial charge in [0.25, 0.3) is 5.69 Å². The van der Waals surface area contributed by atoms with Crippen LogP contribution >= 0.6 is 0 Å². The molecular weight excluding hydrogens is 256 g/mol. The van der Waals surface area contributed by atoms with E-state index in [1.165, 1.54) is 0 Å². The zero-order valence-corrected chi connectivity index (χ0v) is 11.0. The molecule has 0 bridgehead atoms. The number of hydrogen-bond acceptors (Lipinski definition) is 5. The molecule has 3 rings (SSSR count). The van der Waals surface area contributed by atoms with Gasteiger partial charge in [-0.3, -0.25) is 15.1 Å². The molecule has 1 aromatic carbocycles. The lowest BCUT2D eigenvalue weighted by Crippen LogP contribution is -2.39. The number of rotatable bonds is 2. The van der Waals surface area contributed by atoms with Crippen LogP contribution in [0.25, 0.3) is 10.9 Å². The van der Waals surface area contributed by atoms with Gasteiger partial charge in [-0.05, 0) is 31.0 Å². The van der Waals surface area contributed by atoms with Crippen LogP contribution < -0.4 is 10.6 Å². The molecular formula is C14H16N4O2. The molecule has 1 aromatic heterocycles. The van der Waals surface area contributed by atoms with Gasteiger partial charge >= 0.3 is 0 Å². The van der Waals surface area contributed by atoms with E-state index < -0.39 is 0 Å². The van der Waals surface area contributed by atoms with Gasteiger partial charge in [-0.25, -0.2) is 0 Å². The van der Waals surface area contributed by atoms with Crippen molar-refractivity contribution in [2.45, 2.75) is 18.9 Å². The molecule has 1 fully saturated rings. The average molecular weight is 272 g/mol. The number of pyridine rings is 1. The lowest BCUT2D eigenvalue weighted by molar-refractivity contribution is -0.383. The van der Waals surface area contributed by atoms with E-state index in [-0.39, 0.29) is 16.7 Å². The van der Waals surface area contributed by atoms with Crippen LogP contribution in [0.15, 0.2) is 30.5 Å². The fraction of sp³-hybridized carbons (Fsp3) is 0.357. The van der Waals surface area contributed by atoms with Crippen LogP contribution in [-0.4, -0.2) is 29.0 Å². The molecule has 0 atom stereocenters. The molecule has 0 saturated carbocycles. The summed E-state index contributed by atoms with van der Waals surface area (Å²) in [5.74, 6) is 0. The van der Waals surface area contributed by atoms with Gasteiger partial charge in [-0.15, -0.1) is 0 Å². The number of hydrogen-bond donors (Lipinski definition) is 1. The quantitative estimate of drug-likeness (QED) is 0.668. The van der Waals surface area contributed by atoms with Gasteiger partial charge in [0.1, 0.15) is 5.52 Å². The van der Waals surface area contributed by atoms with Crippen molar-refractivity contribution in [3.63, 3.8) is 0 Å². The van der Waals surface area contributed by atoms with Gasteiger partial charge in [0.15, 0.2) is 0 Å².